The molecule has 2 heterocycles. The predicted octanol–water partition coefficient (Wildman–Crippen LogP) is 2.80. The minimum atomic E-state index is 0.0133. The summed E-state index contributed by atoms with van der Waals surface area (Å²) in [4.78, 5) is 20.6. The van der Waals surface area contributed by atoms with E-state index in [1.807, 2.05) is 12.1 Å². The highest BCUT2D eigenvalue weighted by atomic mass is 16.2. The zero-order valence-corrected chi connectivity index (χ0v) is 13.2. The molecule has 3 rings (SSSR count). The van der Waals surface area contributed by atoms with Gasteiger partial charge in [-0.2, -0.15) is 0 Å². The number of fused-ring (bicyclic) bond motifs is 1. The van der Waals surface area contributed by atoms with Crippen molar-refractivity contribution in [3.8, 4) is 0 Å². The highest BCUT2D eigenvalue weighted by molar-refractivity contribution is 5.93. The average molecular weight is 287 g/mol. The monoisotopic (exact) mass is 287 g/mol. The van der Waals surface area contributed by atoms with E-state index < -0.39 is 0 Å². The molecule has 0 spiro atoms. The number of nitrogens with zero attached hydrogens (tertiary/aromatic N) is 3. The van der Waals surface area contributed by atoms with Crippen molar-refractivity contribution in [3.05, 3.63) is 23.9 Å². The minimum Gasteiger partial charge on any atom is -0.353 e. The summed E-state index contributed by atoms with van der Waals surface area (Å²) in [6.45, 7) is 3.47. The number of anilines is 1. The third-order valence-electron chi connectivity index (χ3n) is 5.09. The molecule has 21 heavy (non-hydrogen) atoms. The molecule has 4 nitrogen and oxygen atoms in total. The summed E-state index contributed by atoms with van der Waals surface area (Å²) in [5.74, 6) is 2.62. The van der Waals surface area contributed by atoms with Crippen molar-refractivity contribution in [2.45, 2.75) is 38.6 Å². The van der Waals surface area contributed by atoms with E-state index in [0.717, 1.165) is 24.2 Å². The summed E-state index contributed by atoms with van der Waals surface area (Å²) in [5, 5.41) is 0. The SMILES string of the molecule is CC1CN(c2ccc(C(=O)N(C)C)cn2)C2CCCCC12. The van der Waals surface area contributed by atoms with E-state index in [1.165, 1.54) is 25.7 Å². The largest absolute Gasteiger partial charge is 0.353 e. The van der Waals surface area contributed by atoms with E-state index in [1.54, 1.807) is 25.2 Å². The fourth-order valence-corrected chi connectivity index (χ4v) is 3.98. The van der Waals surface area contributed by atoms with Gasteiger partial charge in [-0.3, -0.25) is 4.79 Å². The molecule has 3 atom stereocenters. The number of pyridine rings is 1. The van der Waals surface area contributed by atoms with E-state index in [0.29, 0.717) is 11.6 Å². The molecule has 2 aliphatic rings. The van der Waals surface area contributed by atoms with Crippen LogP contribution in [-0.2, 0) is 0 Å². The maximum absolute atomic E-state index is 11.9. The van der Waals surface area contributed by atoms with E-state index in [-0.39, 0.29) is 5.91 Å². The number of amides is 1. The standard InChI is InChI=1S/C17H25N3O/c1-12-11-20(15-7-5-4-6-14(12)15)16-9-8-13(10-18-16)17(21)19(2)3/h8-10,12,14-15H,4-7,11H2,1-3H3. The van der Waals surface area contributed by atoms with Crippen molar-refractivity contribution < 1.29 is 4.79 Å². The molecule has 1 aliphatic carbocycles. The number of rotatable bonds is 2. The molecule has 2 fully saturated rings. The summed E-state index contributed by atoms with van der Waals surface area (Å²) in [6, 6.07) is 4.57. The molecule has 1 aromatic rings. The lowest BCUT2D eigenvalue weighted by Crippen LogP contribution is -2.35. The lowest BCUT2D eigenvalue weighted by atomic mass is 9.80. The molecular weight excluding hydrogens is 262 g/mol. The summed E-state index contributed by atoms with van der Waals surface area (Å²) in [5.41, 5.74) is 0.663. The Morgan fingerprint density at radius 2 is 2.05 bits per heavy atom. The van der Waals surface area contributed by atoms with Crippen LogP contribution in [0.5, 0.6) is 0 Å². The molecule has 1 amide bonds. The summed E-state index contributed by atoms with van der Waals surface area (Å²) in [7, 11) is 3.54. The van der Waals surface area contributed by atoms with Gasteiger partial charge in [0.2, 0.25) is 0 Å². The zero-order valence-electron chi connectivity index (χ0n) is 13.2. The van der Waals surface area contributed by atoms with Gasteiger partial charge in [0.1, 0.15) is 5.82 Å². The third kappa shape index (κ3) is 2.63. The molecule has 0 radical (unpaired) electrons. The second-order valence-electron chi connectivity index (χ2n) is 6.75. The predicted molar refractivity (Wildman–Crippen MR) is 84.5 cm³/mol. The molecule has 3 unspecified atom stereocenters. The van der Waals surface area contributed by atoms with Crippen LogP contribution in [0.25, 0.3) is 0 Å². The zero-order chi connectivity index (χ0) is 15.0. The Bertz CT molecular complexity index is 511. The quantitative estimate of drug-likeness (QED) is 0.839. The van der Waals surface area contributed by atoms with Gasteiger partial charge in [0.05, 0.1) is 5.56 Å². The number of hydrogen-bond acceptors (Lipinski definition) is 3. The maximum atomic E-state index is 11.9. The first-order valence-electron chi connectivity index (χ1n) is 8.02. The Balaban J connectivity index is 1.79. The van der Waals surface area contributed by atoms with E-state index in [9.17, 15) is 4.79 Å². The number of carbonyl (C=O) groups excluding carboxylic acids is 1. The first-order valence-corrected chi connectivity index (χ1v) is 8.02. The van der Waals surface area contributed by atoms with Gasteiger partial charge in [0, 0.05) is 32.9 Å². The molecule has 1 saturated carbocycles. The normalized spacial score (nSPS) is 28.3. The summed E-state index contributed by atoms with van der Waals surface area (Å²) in [6.07, 6.45) is 7.08. The minimum absolute atomic E-state index is 0.0133. The number of hydrogen-bond donors (Lipinski definition) is 0. The lowest BCUT2D eigenvalue weighted by molar-refractivity contribution is 0.0827. The van der Waals surface area contributed by atoms with Gasteiger partial charge in [0.25, 0.3) is 5.91 Å². The fourth-order valence-electron chi connectivity index (χ4n) is 3.98. The van der Waals surface area contributed by atoms with Crippen molar-refractivity contribution in [1.82, 2.24) is 9.88 Å². The highest BCUT2D eigenvalue weighted by Crippen LogP contribution is 2.41. The maximum Gasteiger partial charge on any atom is 0.254 e. The van der Waals surface area contributed by atoms with Gasteiger partial charge in [0.15, 0.2) is 0 Å². The molecule has 4 heteroatoms. The van der Waals surface area contributed by atoms with Crippen molar-refractivity contribution >= 4 is 11.7 Å². The van der Waals surface area contributed by atoms with Gasteiger partial charge in [-0.25, -0.2) is 4.98 Å². The van der Waals surface area contributed by atoms with Crippen molar-refractivity contribution in [1.29, 1.82) is 0 Å². The van der Waals surface area contributed by atoms with Crippen LogP contribution in [0.1, 0.15) is 43.0 Å². The first-order chi connectivity index (χ1) is 10.1. The summed E-state index contributed by atoms with van der Waals surface area (Å²) < 4.78 is 0. The molecule has 1 aromatic heterocycles. The average Bonchev–Trinajstić information content (AvgIpc) is 2.84. The van der Waals surface area contributed by atoms with E-state index >= 15 is 0 Å². The molecule has 0 aromatic carbocycles. The molecular formula is C17H25N3O. The Labute approximate surface area is 127 Å². The van der Waals surface area contributed by atoms with Crippen LogP contribution in [0.15, 0.2) is 18.3 Å². The smallest absolute Gasteiger partial charge is 0.254 e. The van der Waals surface area contributed by atoms with Gasteiger partial charge < -0.3 is 9.80 Å². The van der Waals surface area contributed by atoms with Crippen LogP contribution >= 0.6 is 0 Å². The van der Waals surface area contributed by atoms with Gasteiger partial charge in [-0.05, 0) is 36.8 Å². The Morgan fingerprint density at radius 1 is 1.29 bits per heavy atom. The van der Waals surface area contributed by atoms with Crippen LogP contribution in [0, 0.1) is 11.8 Å². The van der Waals surface area contributed by atoms with Crippen molar-refractivity contribution in [2.75, 3.05) is 25.5 Å². The molecule has 0 bridgehead atoms. The molecule has 1 saturated heterocycles. The second-order valence-corrected chi connectivity index (χ2v) is 6.75. The first kappa shape index (κ1) is 14.4. The molecule has 114 valence electrons. The van der Waals surface area contributed by atoms with Crippen LogP contribution < -0.4 is 4.90 Å². The van der Waals surface area contributed by atoms with E-state index in [2.05, 4.69) is 16.8 Å². The van der Waals surface area contributed by atoms with Crippen LogP contribution in [0.3, 0.4) is 0 Å². The van der Waals surface area contributed by atoms with Crippen molar-refractivity contribution in [2.24, 2.45) is 11.8 Å². The second kappa shape index (κ2) is 5.66. The van der Waals surface area contributed by atoms with Gasteiger partial charge >= 0.3 is 0 Å². The lowest BCUT2D eigenvalue weighted by Gasteiger charge is -2.32. The summed E-state index contributed by atoms with van der Waals surface area (Å²) >= 11 is 0. The molecule has 1 aliphatic heterocycles. The van der Waals surface area contributed by atoms with Crippen LogP contribution in [-0.4, -0.2) is 42.5 Å². The van der Waals surface area contributed by atoms with E-state index in [4.69, 9.17) is 0 Å². The topological polar surface area (TPSA) is 36.4 Å². The molecule has 0 N–H and O–H groups in total. The van der Waals surface area contributed by atoms with Crippen LogP contribution in [0.4, 0.5) is 5.82 Å². The van der Waals surface area contributed by atoms with Crippen LogP contribution in [0.2, 0.25) is 0 Å². The van der Waals surface area contributed by atoms with Gasteiger partial charge in [-0.15, -0.1) is 0 Å². The number of aromatic nitrogens is 1. The Morgan fingerprint density at radius 3 is 2.71 bits per heavy atom. The number of carbonyl (C=O) groups is 1. The highest BCUT2D eigenvalue weighted by Gasteiger charge is 2.40. The van der Waals surface area contributed by atoms with Gasteiger partial charge in [-0.1, -0.05) is 19.8 Å². The third-order valence-corrected chi connectivity index (χ3v) is 5.09. The van der Waals surface area contributed by atoms with Crippen molar-refractivity contribution in [3.63, 3.8) is 0 Å². The Hall–Kier alpha value is -1.58. The Kier molecular flexibility index (Phi) is 3.87. The fraction of sp³-hybridized carbons (Fsp3) is 0.647.